The molecule has 0 aromatic heterocycles. The molecule has 0 aliphatic carbocycles. The minimum Gasteiger partial charge on any atom is -0.454 e. The molecule has 0 bridgehead atoms. The maximum absolute atomic E-state index is 12.2. The summed E-state index contributed by atoms with van der Waals surface area (Å²) in [5, 5.41) is 0. The second-order valence-electron chi connectivity index (χ2n) is 10.5. The van der Waals surface area contributed by atoms with Crippen LogP contribution in [-0.4, -0.2) is 11.9 Å². The zero-order chi connectivity index (χ0) is 29.9. The number of aryl methyl sites for hydroxylation is 1. The van der Waals surface area contributed by atoms with Crippen molar-refractivity contribution < 1.29 is 19.1 Å². The summed E-state index contributed by atoms with van der Waals surface area (Å²) in [6.07, 6.45) is 4.03. The molecular weight excluding hydrogens is 510 g/mol. The number of carbonyl (C=O) groups is 2. The van der Waals surface area contributed by atoms with E-state index in [4.69, 9.17) is 9.47 Å². The summed E-state index contributed by atoms with van der Waals surface area (Å²) in [6, 6.07) is 24.9. The Kier molecular flexibility index (Phi) is 11.5. The molecule has 5 heteroatoms. The van der Waals surface area contributed by atoms with Gasteiger partial charge in [-0.05, 0) is 92.6 Å². The topological polar surface area (TPSA) is 55.8 Å². The lowest BCUT2D eigenvalue weighted by Crippen LogP contribution is -2.13. The Morgan fingerprint density at radius 1 is 0.659 bits per heavy atom. The minimum absolute atomic E-state index is 0.341. The molecule has 0 saturated heterocycles. The van der Waals surface area contributed by atoms with Crippen LogP contribution in [0.5, 0.6) is 0 Å². The molecule has 3 rings (SSSR count). The number of ether oxygens (including phenoxy) is 2. The number of rotatable bonds is 14. The molecular formula is C36H43NO4. The van der Waals surface area contributed by atoms with E-state index in [2.05, 4.69) is 73.5 Å². The fraction of sp³-hybridized carbons (Fsp3) is 0.333. The minimum atomic E-state index is -0.384. The van der Waals surface area contributed by atoms with Crippen molar-refractivity contribution in [2.45, 2.75) is 78.9 Å². The lowest BCUT2D eigenvalue weighted by molar-refractivity contribution is -0.145. The van der Waals surface area contributed by atoms with Crippen molar-refractivity contribution in [3.63, 3.8) is 0 Å². The number of hydrogen-bond donors (Lipinski definition) is 0. The van der Waals surface area contributed by atoms with Gasteiger partial charge in [0.2, 0.25) is 0 Å². The molecule has 0 N–H and O–H groups in total. The van der Waals surface area contributed by atoms with Gasteiger partial charge in [0, 0.05) is 28.2 Å². The van der Waals surface area contributed by atoms with E-state index in [0.717, 1.165) is 47.5 Å². The average molecular weight is 554 g/mol. The van der Waals surface area contributed by atoms with E-state index in [9.17, 15) is 9.59 Å². The highest BCUT2D eigenvalue weighted by atomic mass is 16.5. The quantitative estimate of drug-likeness (QED) is 0.147. The second kappa shape index (κ2) is 15.0. The van der Waals surface area contributed by atoms with Crippen molar-refractivity contribution in [1.82, 2.24) is 0 Å². The zero-order valence-corrected chi connectivity index (χ0v) is 25.1. The first-order valence-electron chi connectivity index (χ1n) is 14.5. The van der Waals surface area contributed by atoms with E-state index in [1.54, 1.807) is 13.8 Å². The Labute approximate surface area is 245 Å². The third-order valence-electron chi connectivity index (χ3n) is 7.00. The van der Waals surface area contributed by atoms with Crippen molar-refractivity contribution >= 4 is 29.0 Å². The van der Waals surface area contributed by atoms with Gasteiger partial charge in [0.15, 0.2) is 0 Å². The second-order valence-corrected chi connectivity index (χ2v) is 10.5. The van der Waals surface area contributed by atoms with Crippen molar-refractivity contribution in [1.29, 1.82) is 0 Å². The van der Waals surface area contributed by atoms with Gasteiger partial charge in [0.1, 0.15) is 12.2 Å². The van der Waals surface area contributed by atoms with Gasteiger partial charge < -0.3 is 14.4 Å². The molecule has 0 saturated carbocycles. The molecule has 3 aromatic carbocycles. The Morgan fingerprint density at radius 2 is 1.02 bits per heavy atom. The maximum atomic E-state index is 12.2. The standard InChI is InChI=1S/C36H43NO4/c1-8-11-12-27-13-19-30(20-14-27)37(31-21-15-28(16-22-31)33(9-2)40-35(38)25(4)5)32-23-17-29(18-24-32)34(10-3)41-36(39)26(6)7/h13-24,33-34H,4,6,8-12H2,1-3,5,7H3. The highest BCUT2D eigenvalue weighted by Crippen LogP contribution is 2.37. The summed E-state index contributed by atoms with van der Waals surface area (Å²) in [5.41, 5.74) is 6.94. The van der Waals surface area contributed by atoms with Crippen molar-refractivity contribution in [3.8, 4) is 0 Å². The fourth-order valence-electron chi connectivity index (χ4n) is 4.55. The van der Waals surface area contributed by atoms with Crippen LogP contribution in [0, 0.1) is 0 Å². The number of anilines is 3. The summed E-state index contributed by atoms with van der Waals surface area (Å²) in [6.45, 7) is 16.9. The Morgan fingerprint density at radius 3 is 1.34 bits per heavy atom. The third kappa shape index (κ3) is 8.43. The van der Waals surface area contributed by atoms with Gasteiger partial charge in [0.25, 0.3) is 0 Å². The van der Waals surface area contributed by atoms with Gasteiger partial charge in [0.05, 0.1) is 0 Å². The van der Waals surface area contributed by atoms with Gasteiger partial charge in [-0.3, -0.25) is 0 Å². The van der Waals surface area contributed by atoms with Crippen molar-refractivity contribution in [2.24, 2.45) is 0 Å². The van der Waals surface area contributed by atoms with Crippen molar-refractivity contribution in [2.75, 3.05) is 4.90 Å². The van der Waals surface area contributed by atoms with E-state index in [0.29, 0.717) is 24.0 Å². The van der Waals surface area contributed by atoms with E-state index in [1.165, 1.54) is 5.56 Å². The van der Waals surface area contributed by atoms with Gasteiger partial charge >= 0.3 is 11.9 Å². The highest BCUT2D eigenvalue weighted by molar-refractivity contribution is 5.87. The van der Waals surface area contributed by atoms with E-state index in [-0.39, 0.29) is 24.1 Å². The highest BCUT2D eigenvalue weighted by Gasteiger charge is 2.19. The van der Waals surface area contributed by atoms with E-state index in [1.807, 2.05) is 38.1 Å². The number of esters is 2. The zero-order valence-electron chi connectivity index (χ0n) is 25.1. The van der Waals surface area contributed by atoms with Gasteiger partial charge in [-0.2, -0.15) is 0 Å². The number of carbonyl (C=O) groups excluding carboxylic acids is 2. The van der Waals surface area contributed by atoms with Crippen LogP contribution >= 0.6 is 0 Å². The molecule has 5 nitrogen and oxygen atoms in total. The van der Waals surface area contributed by atoms with E-state index >= 15 is 0 Å². The van der Waals surface area contributed by atoms with Crippen LogP contribution in [0.3, 0.4) is 0 Å². The molecule has 0 radical (unpaired) electrons. The first-order chi connectivity index (χ1) is 19.7. The molecule has 0 fully saturated rings. The number of benzene rings is 3. The molecule has 0 aliphatic rings. The Bertz CT molecular complexity index is 1240. The SMILES string of the molecule is C=C(C)C(=O)OC(CC)c1ccc(N(c2ccc(CCCC)cc2)c2ccc(C(CC)OC(=O)C(=C)C)cc2)cc1. The smallest absolute Gasteiger partial charge is 0.333 e. The number of nitrogens with zero attached hydrogens (tertiary/aromatic N) is 1. The lowest BCUT2D eigenvalue weighted by atomic mass is 10.0. The number of hydrogen-bond acceptors (Lipinski definition) is 5. The van der Waals surface area contributed by atoms with Crippen LogP contribution in [0.2, 0.25) is 0 Å². The first kappa shape index (κ1) is 31.4. The largest absolute Gasteiger partial charge is 0.454 e. The van der Waals surface area contributed by atoms with Crippen LogP contribution in [0.15, 0.2) is 97.1 Å². The van der Waals surface area contributed by atoms with Crippen LogP contribution in [0.25, 0.3) is 0 Å². The van der Waals surface area contributed by atoms with Crippen LogP contribution in [0.4, 0.5) is 17.1 Å². The van der Waals surface area contributed by atoms with Gasteiger partial charge in [-0.25, -0.2) is 9.59 Å². The predicted molar refractivity (Wildman–Crippen MR) is 168 cm³/mol. The van der Waals surface area contributed by atoms with Gasteiger partial charge in [-0.15, -0.1) is 0 Å². The third-order valence-corrected chi connectivity index (χ3v) is 7.00. The maximum Gasteiger partial charge on any atom is 0.333 e. The Balaban J connectivity index is 1.97. The molecule has 0 amide bonds. The summed E-state index contributed by atoms with van der Waals surface area (Å²) in [5.74, 6) is -0.768. The normalized spacial score (nSPS) is 12.2. The van der Waals surface area contributed by atoms with Crippen LogP contribution in [0.1, 0.15) is 89.2 Å². The predicted octanol–water partition coefficient (Wildman–Crippen LogP) is 9.64. The first-order valence-corrected chi connectivity index (χ1v) is 14.5. The molecule has 0 heterocycles. The molecule has 0 spiro atoms. The molecule has 3 aromatic rings. The Hall–Kier alpha value is -4.12. The summed E-state index contributed by atoms with van der Waals surface area (Å²) < 4.78 is 11.3. The number of unbranched alkanes of at least 4 members (excludes halogenated alkanes) is 1. The molecule has 2 atom stereocenters. The molecule has 41 heavy (non-hydrogen) atoms. The van der Waals surface area contributed by atoms with Crippen LogP contribution in [-0.2, 0) is 25.5 Å². The lowest BCUT2D eigenvalue weighted by Gasteiger charge is -2.27. The monoisotopic (exact) mass is 553 g/mol. The van der Waals surface area contributed by atoms with E-state index < -0.39 is 0 Å². The molecule has 216 valence electrons. The molecule has 2 unspecified atom stereocenters. The summed E-state index contributed by atoms with van der Waals surface area (Å²) in [7, 11) is 0. The van der Waals surface area contributed by atoms with Gasteiger partial charge in [-0.1, -0.05) is 76.7 Å². The van der Waals surface area contributed by atoms with Crippen LogP contribution < -0.4 is 4.90 Å². The van der Waals surface area contributed by atoms with Crippen molar-refractivity contribution in [3.05, 3.63) is 114 Å². The summed E-state index contributed by atoms with van der Waals surface area (Å²) in [4.78, 5) is 26.5. The molecule has 0 aliphatic heterocycles. The fourth-order valence-corrected chi connectivity index (χ4v) is 4.55. The average Bonchev–Trinajstić information content (AvgIpc) is 2.98. The summed E-state index contributed by atoms with van der Waals surface area (Å²) >= 11 is 0.